The Morgan fingerprint density at radius 1 is 0.906 bits per heavy atom. The van der Waals surface area contributed by atoms with Gasteiger partial charge >= 0.3 is 0 Å². The molecule has 3 aliphatic rings. The van der Waals surface area contributed by atoms with Gasteiger partial charge in [-0.25, -0.2) is 0 Å². The highest BCUT2D eigenvalue weighted by atomic mass is 35.5. The van der Waals surface area contributed by atoms with E-state index in [4.69, 9.17) is 27.9 Å². The first kappa shape index (κ1) is 23.4. The maximum atomic E-state index is 13.5. The van der Waals surface area contributed by atoms with Crippen LogP contribution in [0.15, 0.2) is 34.7 Å². The lowest BCUT2D eigenvalue weighted by atomic mass is 9.64. The molecule has 6 heteroatoms. The van der Waals surface area contributed by atoms with E-state index >= 15 is 0 Å². The third-order valence-electron chi connectivity index (χ3n) is 6.82. The first-order chi connectivity index (χ1) is 14.8. The number of ketones is 2. The fourth-order valence-corrected chi connectivity index (χ4v) is 6.14. The first-order valence-electron chi connectivity index (χ1n) is 11.2. The van der Waals surface area contributed by atoms with Crippen molar-refractivity contribution >= 4 is 34.8 Å². The SMILES string of the molecule is CCOc1c(Cl)cc(C2C3=C(CC(C)(C)CC3=O)N(C)C3=C2C(=O)CC(C)(C)C3)cc1Cl. The summed E-state index contributed by atoms with van der Waals surface area (Å²) in [6, 6.07) is 3.62. The number of ether oxygens (including phenoxy) is 1. The Labute approximate surface area is 200 Å². The summed E-state index contributed by atoms with van der Waals surface area (Å²) in [6.45, 7) is 10.8. The molecule has 1 aromatic carbocycles. The van der Waals surface area contributed by atoms with Gasteiger partial charge in [-0.1, -0.05) is 50.9 Å². The number of carbonyl (C=O) groups is 2. The number of hydrogen-bond donors (Lipinski definition) is 0. The standard InChI is InChI=1S/C26H31Cl2NO3/c1-7-32-24-15(27)8-14(9-16(24)28)21-22-17(10-25(2,3)12-19(22)30)29(6)18-11-26(4,5)13-20(31)23(18)21/h8-9,21H,7,10-13H2,1-6H3. The molecule has 4 rings (SSSR count). The lowest BCUT2D eigenvalue weighted by Crippen LogP contribution is -2.43. The molecule has 1 aromatic rings. The molecule has 172 valence electrons. The molecule has 0 atom stereocenters. The van der Waals surface area contributed by atoms with Gasteiger partial charge in [0, 0.05) is 48.3 Å². The quantitative estimate of drug-likeness (QED) is 0.487. The maximum absolute atomic E-state index is 13.5. The van der Waals surface area contributed by atoms with Crippen molar-refractivity contribution in [1.82, 2.24) is 4.90 Å². The van der Waals surface area contributed by atoms with Crippen LogP contribution in [-0.2, 0) is 9.59 Å². The van der Waals surface area contributed by atoms with Crippen LogP contribution in [0.5, 0.6) is 5.75 Å². The summed E-state index contributed by atoms with van der Waals surface area (Å²) in [5.74, 6) is 0.175. The van der Waals surface area contributed by atoms with Crippen molar-refractivity contribution in [2.45, 2.75) is 66.2 Å². The van der Waals surface area contributed by atoms with Crippen LogP contribution < -0.4 is 4.74 Å². The van der Waals surface area contributed by atoms with Crippen molar-refractivity contribution in [2.24, 2.45) is 10.8 Å². The van der Waals surface area contributed by atoms with Crippen LogP contribution in [0.2, 0.25) is 10.0 Å². The van der Waals surface area contributed by atoms with Crippen LogP contribution in [0.1, 0.15) is 71.8 Å². The molecular formula is C26H31Cl2NO3. The molecule has 0 bridgehead atoms. The molecule has 0 amide bonds. The predicted molar refractivity (Wildman–Crippen MR) is 128 cm³/mol. The van der Waals surface area contributed by atoms with Crippen LogP contribution in [0, 0.1) is 10.8 Å². The van der Waals surface area contributed by atoms with Gasteiger partial charge in [0.2, 0.25) is 0 Å². The Morgan fingerprint density at radius 3 is 1.75 bits per heavy atom. The van der Waals surface area contributed by atoms with E-state index in [1.165, 1.54) is 0 Å². The van der Waals surface area contributed by atoms with Gasteiger partial charge in [0.05, 0.1) is 16.7 Å². The highest BCUT2D eigenvalue weighted by Crippen LogP contribution is 2.54. The molecule has 4 nitrogen and oxygen atoms in total. The smallest absolute Gasteiger partial charge is 0.162 e. The minimum Gasteiger partial charge on any atom is -0.491 e. The highest BCUT2D eigenvalue weighted by Gasteiger charge is 2.48. The lowest BCUT2D eigenvalue weighted by Gasteiger charge is -2.48. The Hall–Kier alpha value is -1.78. The van der Waals surface area contributed by atoms with Crippen molar-refractivity contribution in [3.05, 3.63) is 50.3 Å². The van der Waals surface area contributed by atoms with Crippen molar-refractivity contribution in [2.75, 3.05) is 13.7 Å². The van der Waals surface area contributed by atoms with Crippen molar-refractivity contribution in [3.63, 3.8) is 0 Å². The first-order valence-corrected chi connectivity index (χ1v) is 12.0. The third-order valence-corrected chi connectivity index (χ3v) is 7.38. The molecular weight excluding hydrogens is 445 g/mol. The number of nitrogens with zero attached hydrogens (tertiary/aromatic N) is 1. The van der Waals surface area contributed by atoms with E-state index in [2.05, 4.69) is 32.6 Å². The summed E-state index contributed by atoms with van der Waals surface area (Å²) in [4.78, 5) is 29.1. The summed E-state index contributed by atoms with van der Waals surface area (Å²) in [7, 11) is 2.00. The van der Waals surface area contributed by atoms with Gasteiger partial charge in [0.15, 0.2) is 17.3 Å². The second-order valence-electron chi connectivity index (χ2n) is 10.8. The second kappa shape index (κ2) is 7.92. The number of allylic oxidation sites excluding steroid dienone is 4. The Kier molecular flexibility index (Phi) is 5.78. The largest absolute Gasteiger partial charge is 0.491 e. The number of rotatable bonds is 3. The van der Waals surface area contributed by atoms with Crippen molar-refractivity contribution in [1.29, 1.82) is 0 Å². The van der Waals surface area contributed by atoms with E-state index in [9.17, 15) is 9.59 Å². The third kappa shape index (κ3) is 3.90. The van der Waals surface area contributed by atoms with Gasteiger partial charge in [0.1, 0.15) is 0 Å². The summed E-state index contributed by atoms with van der Waals surface area (Å²) >= 11 is 13.1. The number of carbonyl (C=O) groups excluding carboxylic acids is 2. The maximum Gasteiger partial charge on any atom is 0.162 e. The molecule has 0 aromatic heterocycles. The molecule has 0 spiro atoms. The molecule has 0 saturated heterocycles. The second-order valence-corrected chi connectivity index (χ2v) is 11.7. The fourth-order valence-electron chi connectivity index (χ4n) is 5.53. The highest BCUT2D eigenvalue weighted by molar-refractivity contribution is 6.37. The van der Waals surface area contributed by atoms with E-state index < -0.39 is 5.92 Å². The van der Waals surface area contributed by atoms with Crippen LogP contribution in [0.4, 0.5) is 0 Å². The van der Waals surface area contributed by atoms with E-state index in [1.54, 1.807) is 0 Å². The van der Waals surface area contributed by atoms with Gasteiger partial charge in [-0.15, -0.1) is 0 Å². The van der Waals surface area contributed by atoms with E-state index in [1.807, 2.05) is 26.1 Å². The van der Waals surface area contributed by atoms with Crippen LogP contribution in [0.25, 0.3) is 0 Å². The van der Waals surface area contributed by atoms with Gasteiger partial charge in [-0.3, -0.25) is 9.59 Å². The average Bonchev–Trinajstić information content (AvgIpc) is 2.64. The van der Waals surface area contributed by atoms with Crippen molar-refractivity contribution < 1.29 is 14.3 Å². The van der Waals surface area contributed by atoms with Gasteiger partial charge in [0.25, 0.3) is 0 Å². The minimum atomic E-state index is -0.450. The average molecular weight is 476 g/mol. The molecule has 0 radical (unpaired) electrons. The van der Waals surface area contributed by atoms with Gasteiger partial charge < -0.3 is 9.64 Å². The topological polar surface area (TPSA) is 46.6 Å². The van der Waals surface area contributed by atoms with E-state index in [0.717, 1.165) is 40.9 Å². The normalized spacial score (nSPS) is 22.8. The van der Waals surface area contributed by atoms with Gasteiger partial charge in [-0.2, -0.15) is 0 Å². The number of benzene rings is 1. The van der Waals surface area contributed by atoms with Crippen LogP contribution in [-0.4, -0.2) is 30.1 Å². The molecule has 2 aliphatic carbocycles. The monoisotopic (exact) mass is 475 g/mol. The summed E-state index contributed by atoms with van der Waals surface area (Å²) in [5.41, 5.74) is 3.98. The minimum absolute atomic E-state index is 0.0958. The summed E-state index contributed by atoms with van der Waals surface area (Å²) in [5, 5.41) is 0.787. The lowest BCUT2D eigenvalue weighted by molar-refractivity contribution is -0.119. The Morgan fingerprint density at radius 2 is 1.34 bits per heavy atom. The molecule has 0 unspecified atom stereocenters. The molecule has 32 heavy (non-hydrogen) atoms. The zero-order valence-corrected chi connectivity index (χ0v) is 21.2. The molecule has 0 fully saturated rings. The van der Waals surface area contributed by atoms with E-state index in [0.29, 0.717) is 35.2 Å². The van der Waals surface area contributed by atoms with Crippen molar-refractivity contribution in [3.8, 4) is 5.75 Å². The Bertz CT molecular complexity index is 1000. The van der Waals surface area contributed by atoms with Crippen LogP contribution in [0.3, 0.4) is 0 Å². The number of halogens is 2. The van der Waals surface area contributed by atoms with E-state index in [-0.39, 0.29) is 22.4 Å². The van der Waals surface area contributed by atoms with Gasteiger partial charge in [-0.05, 0) is 48.3 Å². The fraction of sp³-hybridized carbons (Fsp3) is 0.538. The Balaban J connectivity index is 1.97. The summed E-state index contributed by atoms with van der Waals surface area (Å²) < 4.78 is 5.61. The number of hydrogen-bond acceptors (Lipinski definition) is 4. The number of Topliss-reactive ketones (excluding diaryl/α,β-unsaturated/α-hetero) is 2. The zero-order valence-electron chi connectivity index (χ0n) is 19.7. The molecule has 0 N–H and O–H groups in total. The van der Waals surface area contributed by atoms with Crippen LogP contribution >= 0.6 is 23.2 Å². The summed E-state index contributed by atoms with van der Waals surface area (Å²) in [6.07, 6.45) is 2.48. The molecule has 0 saturated carbocycles. The predicted octanol–water partition coefficient (Wildman–Crippen LogP) is 6.71. The molecule has 1 aliphatic heterocycles. The zero-order chi connectivity index (χ0) is 23.6. The molecule has 1 heterocycles.